The Bertz CT molecular complexity index is 1160. The summed E-state index contributed by atoms with van der Waals surface area (Å²) in [5.41, 5.74) is 2.93. The number of aliphatic hydroxyl groups is 1. The molecular weight excluding hydrogens is 472 g/mol. The number of likely N-dealkylation sites (N-methyl/N-ethyl adjacent to an activating group) is 1. The number of aryl methyl sites for hydroxylation is 3. The number of rotatable bonds is 13. The second-order valence-electron chi connectivity index (χ2n) is 9.61. The molecule has 2 aromatic heterocycles. The maximum Gasteiger partial charge on any atom is 0.263 e. The van der Waals surface area contributed by atoms with Crippen molar-refractivity contribution in [1.82, 2.24) is 20.0 Å². The van der Waals surface area contributed by atoms with Crippen LogP contribution in [0.15, 0.2) is 41.1 Å². The summed E-state index contributed by atoms with van der Waals surface area (Å²) >= 11 is 0. The van der Waals surface area contributed by atoms with Gasteiger partial charge in [-0.25, -0.2) is 4.98 Å². The average Bonchev–Trinajstić information content (AvgIpc) is 3.61. The summed E-state index contributed by atoms with van der Waals surface area (Å²) < 4.78 is 17.4. The largest absolute Gasteiger partial charge is 0.493 e. The van der Waals surface area contributed by atoms with Crippen molar-refractivity contribution < 1.29 is 23.9 Å². The third-order valence-corrected chi connectivity index (χ3v) is 6.73. The van der Waals surface area contributed by atoms with E-state index >= 15 is 0 Å². The molecule has 1 N–H and O–H groups in total. The van der Waals surface area contributed by atoms with Gasteiger partial charge in [-0.15, -0.1) is 0 Å². The van der Waals surface area contributed by atoms with E-state index in [0.717, 1.165) is 28.9 Å². The van der Waals surface area contributed by atoms with Crippen LogP contribution in [0.25, 0.3) is 11.5 Å². The third-order valence-electron chi connectivity index (χ3n) is 6.73. The molecular formula is C28H36N4O5. The zero-order valence-electron chi connectivity index (χ0n) is 21.7. The predicted molar refractivity (Wildman–Crippen MR) is 138 cm³/mol. The lowest BCUT2D eigenvalue weighted by Crippen LogP contribution is -2.30. The standard InChI is InChI=1S/C28H36N4O5/c1-20-17-21(10-12-24(20)35-16-6-15-32(2)26(34)18-33)11-13-25-30-28(37-31-25)23-9-5-14-29-27(23)36-19-22-7-3-4-8-22/h5,9-10,12,14,17,22,33H,3-4,6-8,11,13,15-16,18-19H2,1-2H3. The number of amides is 1. The fourth-order valence-electron chi connectivity index (χ4n) is 4.52. The first-order valence-electron chi connectivity index (χ1n) is 13.0. The van der Waals surface area contributed by atoms with Crippen LogP contribution in [-0.2, 0) is 17.6 Å². The van der Waals surface area contributed by atoms with Crippen LogP contribution in [-0.4, -0.2) is 64.5 Å². The average molecular weight is 509 g/mol. The first kappa shape index (κ1) is 26.6. The monoisotopic (exact) mass is 508 g/mol. The van der Waals surface area contributed by atoms with Crippen LogP contribution in [0.2, 0.25) is 0 Å². The van der Waals surface area contributed by atoms with Crippen molar-refractivity contribution in [3.8, 4) is 23.1 Å². The number of ether oxygens (including phenoxy) is 2. The van der Waals surface area contributed by atoms with Gasteiger partial charge in [0.25, 0.3) is 5.89 Å². The number of hydrogen-bond acceptors (Lipinski definition) is 8. The first-order chi connectivity index (χ1) is 18.0. The lowest BCUT2D eigenvalue weighted by atomic mass is 10.1. The van der Waals surface area contributed by atoms with Crippen molar-refractivity contribution in [3.05, 3.63) is 53.5 Å². The predicted octanol–water partition coefficient (Wildman–Crippen LogP) is 4.01. The molecule has 1 aliphatic carbocycles. The van der Waals surface area contributed by atoms with E-state index in [9.17, 15) is 4.79 Å². The van der Waals surface area contributed by atoms with Gasteiger partial charge in [-0.2, -0.15) is 4.98 Å². The quantitative estimate of drug-likeness (QED) is 0.345. The first-order valence-corrected chi connectivity index (χ1v) is 13.0. The van der Waals surface area contributed by atoms with Gasteiger partial charge in [0.1, 0.15) is 17.9 Å². The smallest absolute Gasteiger partial charge is 0.263 e. The highest BCUT2D eigenvalue weighted by molar-refractivity contribution is 5.76. The molecule has 0 unspecified atom stereocenters. The Balaban J connectivity index is 1.27. The molecule has 1 fully saturated rings. The molecule has 4 rings (SSSR count). The molecule has 9 nitrogen and oxygen atoms in total. The summed E-state index contributed by atoms with van der Waals surface area (Å²) in [6, 6.07) is 9.87. The number of nitrogens with zero attached hydrogens (tertiary/aromatic N) is 4. The second kappa shape index (κ2) is 13.2. The molecule has 9 heteroatoms. The SMILES string of the molecule is Cc1cc(CCc2noc(-c3cccnc3OCC3CCCC3)n2)ccc1OCCCN(C)C(=O)CO. The number of aliphatic hydroxyl groups excluding tert-OH is 1. The van der Waals surface area contributed by atoms with Gasteiger partial charge in [-0.05, 0) is 67.9 Å². The Morgan fingerprint density at radius 2 is 2.03 bits per heavy atom. The maximum atomic E-state index is 11.4. The van der Waals surface area contributed by atoms with Crippen LogP contribution in [0.4, 0.5) is 0 Å². The summed E-state index contributed by atoms with van der Waals surface area (Å²) in [6.45, 7) is 3.25. The summed E-state index contributed by atoms with van der Waals surface area (Å²) in [4.78, 5) is 21.9. The summed E-state index contributed by atoms with van der Waals surface area (Å²) in [7, 11) is 1.67. The van der Waals surface area contributed by atoms with Crippen molar-refractivity contribution >= 4 is 5.91 Å². The van der Waals surface area contributed by atoms with E-state index in [4.69, 9.17) is 19.1 Å². The molecule has 198 valence electrons. The van der Waals surface area contributed by atoms with E-state index in [-0.39, 0.29) is 5.91 Å². The Kier molecular flexibility index (Phi) is 9.48. The maximum absolute atomic E-state index is 11.4. The zero-order valence-corrected chi connectivity index (χ0v) is 21.7. The molecule has 0 atom stereocenters. The summed E-state index contributed by atoms with van der Waals surface area (Å²) in [5.74, 6) is 2.74. The molecule has 1 amide bonds. The molecule has 1 aromatic carbocycles. The van der Waals surface area contributed by atoms with E-state index in [2.05, 4.69) is 21.2 Å². The van der Waals surface area contributed by atoms with Crippen LogP contribution in [0.1, 0.15) is 49.1 Å². The number of carbonyl (C=O) groups excluding carboxylic acids is 1. The minimum Gasteiger partial charge on any atom is -0.493 e. The van der Waals surface area contributed by atoms with Crippen LogP contribution in [0, 0.1) is 12.8 Å². The number of aromatic nitrogens is 3. The number of carbonyl (C=O) groups is 1. The van der Waals surface area contributed by atoms with E-state index in [1.165, 1.54) is 30.6 Å². The van der Waals surface area contributed by atoms with Gasteiger partial charge in [-0.3, -0.25) is 4.79 Å². The minimum absolute atomic E-state index is 0.289. The van der Waals surface area contributed by atoms with E-state index in [1.54, 1.807) is 13.2 Å². The summed E-state index contributed by atoms with van der Waals surface area (Å²) in [6.07, 6.45) is 8.80. The van der Waals surface area contributed by atoms with Crippen LogP contribution in [0.3, 0.4) is 0 Å². The molecule has 0 spiro atoms. The molecule has 1 aliphatic rings. The molecule has 0 aliphatic heterocycles. The van der Waals surface area contributed by atoms with Gasteiger partial charge in [-0.1, -0.05) is 30.1 Å². The molecule has 3 aromatic rings. The van der Waals surface area contributed by atoms with Crippen LogP contribution >= 0.6 is 0 Å². The second-order valence-corrected chi connectivity index (χ2v) is 9.61. The Morgan fingerprint density at radius 1 is 1.19 bits per heavy atom. The van der Waals surface area contributed by atoms with E-state index in [1.807, 2.05) is 31.2 Å². The van der Waals surface area contributed by atoms with Crippen LogP contribution < -0.4 is 9.47 Å². The summed E-state index contributed by atoms with van der Waals surface area (Å²) in [5, 5.41) is 13.1. The topological polar surface area (TPSA) is 111 Å². The van der Waals surface area contributed by atoms with Crippen molar-refractivity contribution in [2.24, 2.45) is 5.92 Å². The highest BCUT2D eigenvalue weighted by Gasteiger charge is 2.19. The lowest BCUT2D eigenvalue weighted by Gasteiger charge is -2.16. The number of pyridine rings is 1. The van der Waals surface area contributed by atoms with Gasteiger partial charge in [0, 0.05) is 26.2 Å². The highest BCUT2D eigenvalue weighted by Crippen LogP contribution is 2.30. The number of hydrogen-bond donors (Lipinski definition) is 1. The zero-order chi connectivity index (χ0) is 26.0. The molecule has 0 radical (unpaired) electrons. The Hall–Kier alpha value is -3.46. The van der Waals surface area contributed by atoms with Crippen molar-refractivity contribution in [3.63, 3.8) is 0 Å². The molecule has 2 heterocycles. The van der Waals surface area contributed by atoms with Gasteiger partial charge < -0.3 is 24.0 Å². The fourth-order valence-corrected chi connectivity index (χ4v) is 4.52. The normalized spacial score (nSPS) is 13.6. The number of benzene rings is 1. The van der Waals surface area contributed by atoms with E-state index in [0.29, 0.717) is 56.1 Å². The van der Waals surface area contributed by atoms with Gasteiger partial charge in [0.05, 0.1) is 13.2 Å². The molecule has 0 saturated heterocycles. The highest BCUT2D eigenvalue weighted by atomic mass is 16.5. The van der Waals surface area contributed by atoms with Crippen molar-refractivity contribution in [2.75, 3.05) is 33.4 Å². The third kappa shape index (κ3) is 7.52. The Morgan fingerprint density at radius 3 is 2.81 bits per heavy atom. The Labute approximate surface area is 217 Å². The van der Waals surface area contributed by atoms with E-state index < -0.39 is 6.61 Å². The van der Waals surface area contributed by atoms with Gasteiger partial charge >= 0.3 is 0 Å². The van der Waals surface area contributed by atoms with Crippen molar-refractivity contribution in [2.45, 2.75) is 51.9 Å². The minimum atomic E-state index is -0.470. The molecule has 1 saturated carbocycles. The van der Waals surface area contributed by atoms with Crippen LogP contribution in [0.5, 0.6) is 11.6 Å². The lowest BCUT2D eigenvalue weighted by molar-refractivity contribution is -0.132. The van der Waals surface area contributed by atoms with Gasteiger partial charge in [0.2, 0.25) is 11.8 Å². The molecule has 37 heavy (non-hydrogen) atoms. The van der Waals surface area contributed by atoms with Crippen molar-refractivity contribution in [1.29, 1.82) is 0 Å². The molecule has 0 bridgehead atoms. The van der Waals surface area contributed by atoms with Gasteiger partial charge in [0.15, 0.2) is 5.82 Å². The fraction of sp³-hybridized carbons (Fsp3) is 0.500.